The number of rotatable bonds is 8. The van der Waals surface area contributed by atoms with E-state index in [1.165, 1.54) is 4.88 Å². The van der Waals surface area contributed by atoms with E-state index < -0.39 is 0 Å². The van der Waals surface area contributed by atoms with Crippen LogP contribution >= 0.6 is 27.3 Å². The van der Waals surface area contributed by atoms with E-state index in [0.717, 1.165) is 24.1 Å². The zero-order valence-corrected chi connectivity index (χ0v) is 12.7. The van der Waals surface area contributed by atoms with Gasteiger partial charge in [-0.25, -0.2) is 0 Å². The number of nitrogens with zero attached hydrogens (tertiary/aromatic N) is 2. The van der Waals surface area contributed by atoms with Gasteiger partial charge in [0.2, 0.25) is 0 Å². The maximum absolute atomic E-state index is 8.53. The molecule has 1 aromatic heterocycles. The quantitative estimate of drug-likeness (QED) is 0.330. The lowest BCUT2D eigenvalue weighted by atomic mass is 10.3. The van der Waals surface area contributed by atoms with E-state index in [0.29, 0.717) is 13.0 Å². The Morgan fingerprint density at radius 3 is 2.94 bits per heavy atom. The van der Waals surface area contributed by atoms with Crippen LogP contribution in [0.2, 0.25) is 0 Å². The Bertz CT molecular complexity index is 384. The minimum atomic E-state index is 0.254. The fourth-order valence-electron chi connectivity index (χ4n) is 1.47. The van der Waals surface area contributed by atoms with E-state index in [1.807, 2.05) is 0 Å². The number of hydrogen-bond acceptors (Lipinski definition) is 5. The average Bonchev–Trinajstić information content (AvgIpc) is 2.77. The molecule has 0 aliphatic heterocycles. The summed E-state index contributed by atoms with van der Waals surface area (Å²) in [6.07, 6.45) is 0.548. The number of amidine groups is 1. The van der Waals surface area contributed by atoms with Crippen LogP contribution in [0.3, 0.4) is 0 Å². The van der Waals surface area contributed by atoms with Gasteiger partial charge in [-0.1, -0.05) is 5.16 Å². The van der Waals surface area contributed by atoms with E-state index in [9.17, 15) is 0 Å². The Morgan fingerprint density at radius 2 is 2.39 bits per heavy atom. The van der Waals surface area contributed by atoms with Crippen LogP contribution in [0, 0.1) is 0 Å². The van der Waals surface area contributed by atoms with Gasteiger partial charge in [0, 0.05) is 47.9 Å². The Kier molecular flexibility index (Phi) is 7.26. The van der Waals surface area contributed by atoms with Crippen LogP contribution in [0.15, 0.2) is 21.1 Å². The molecule has 0 aliphatic carbocycles. The highest BCUT2D eigenvalue weighted by molar-refractivity contribution is 9.10. The van der Waals surface area contributed by atoms with Crippen molar-refractivity contribution in [3.05, 3.63) is 20.8 Å². The molecule has 0 fully saturated rings. The fraction of sp³-hybridized carbons (Fsp3) is 0.545. The van der Waals surface area contributed by atoms with Gasteiger partial charge in [0.1, 0.15) is 5.84 Å². The first-order valence-electron chi connectivity index (χ1n) is 5.56. The topological polar surface area (TPSA) is 71.1 Å². The zero-order valence-electron chi connectivity index (χ0n) is 10.3. The monoisotopic (exact) mass is 335 g/mol. The molecule has 1 heterocycles. The second-order valence-corrected chi connectivity index (χ2v) is 5.75. The average molecular weight is 336 g/mol. The summed E-state index contributed by atoms with van der Waals surface area (Å²) in [7, 11) is 1.68. The fourth-order valence-corrected chi connectivity index (χ4v) is 2.96. The van der Waals surface area contributed by atoms with Crippen molar-refractivity contribution in [1.82, 2.24) is 4.90 Å². The van der Waals surface area contributed by atoms with Crippen molar-refractivity contribution in [3.8, 4) is 0 Å². The predicted octanol–water partition coefficient (Wildman–Crippen LogP) is 2.10. The SMILES string of the molecule is COCCN(CCC(N)=NO)Cc1cc(Br)cs1. The van der Waals surface area contributed by atoms with Crippen molar-refractivity contribution in [2.75, 3.05) is 26.8 Å². The van der Waals surface area contributed by atoms with Gasteiger partial charge in [0.15, 0.2) is 0 Å². The first-order chi connectivity index (χ1) is 8.65. The summed E-state index contributed by atoms with van der Waals surface area (Å²) in [6.45, 7) is 3.08. The summed E-state index contributed by atoms with van der Waals surface area (Å²) >= 11 is 5.15. The van der Waals surface area contributed by atoms with E-state index >= 15 is 0 Å². The molecular weight excluding hydrogens is 318 g/mol. The van der Waals surface area contributed by atoms with Crippen molar-refractivity contribution < 1.29 is 9.94 Å². The van der Waals surface area contributed by atoms with Crippen LogP contribution in [0.1, 0.15) is 11.3 Å². The molecule has 0 aliphatic rings. The Balaban J connectivity index is 2.49. The molecule has 0 bridgehead atoms. The van der Waals surface area contributed by atoms with Gasteiger partial charge in [0.05, 0.1) is 6.61 Å². The van der Waals surface area contributed by atoms with Crippen LogP contribution in [-0.4, -0.2) is 42.7 Å². The van der Waals surface area contributed by atoms with Gasteiger partial charge < -0.3 is 15.7 Å². The number of halogens is 1. The van der Waals surface area contributed by atoms with Crippen LogP contribution in [0.25, 0.3) is 0 Å². The highest BCUT2D eigenvalue weighted by Gasteiger charge is 2.08. The summed E-state index contributed by atoms with van der Waals surface area (Å²) in [5, 5.41) is 13.6. The summed E-state index contributed by atoms with van der Waals surface area (Å²) < 4.78 is 6.19. The predicted molar refractivity (Wildman–Crippen MR) is 77.2 cm³/mol. The van der Waals surface area contributed by atoms with Crippen molar-refractivity contribution in [2.45, 2.75) is 13.0 Å². The summed E-state index contributed by atoms with van der Waals surface area (Å²) in [5.41, 5.74) is 5.48. The largest absolute Gasteiger partial charge is 0.409 e. The number of methoxy groups -OCH3 is 1. The minimum absolute atomic E-state index is 0.254. The van der Waals surface area contributed by atoms with Gasteiger partial charge in [-0.2, -0.15) is 0 Å². The van der Waals surface area contributed by atoms with Gasteiger partial charge in [0.25, 0.3) is 0 Å². The molecule has 7 heteroatoms. The maximum Gasteiger partial charge on any atom is 0.140 e. The van der Waals surface area contributed by atoms with Crippen molar-refractivity contribution in [3.63, 3.8) is 0 Å². The van der Waals surface area contributed by atoms with Crippen LogP contribution in [0.5, 0.6) is 0 Å². The van der Waals surface area contributed by atoms with E-state index in [2.05, 4.69) is 37.4 Å². The molecule has 102 valence electrons. The minimum Gasteiger partial charge on any atom is -0.409 e. The molecule has 0 radical (unpaired) electrons. The number of hydrogen-bond donors (Lipinski definition) is 2. The smallest absolute Gasteiger partial charge is 0.140 e. The van der Waals surface area contributed by atoms with Gasteiger partial charge in [-0.05, 0) is 22.0 Å². The first-order valence-corrected chi connectivity index (χ1v) is 7.23. The number of nitrogens with two attached hydrogens (primary N) is 1. The first kappa shape index (κ1) is 15.4. The van der Waals surface area contributed by atoms with Gasteiger partial charge in [-0.15, -0.1) is 11.3 Å². The molecule has 0 amide bonds. The lowest BCUT2D eigenvalue weighted by Crippen LogP contribution is -2.30. The Hall–Kier alpha value is -0.630. The highest BCUT2D eigenvalue weighted by Crippen LogP contribution is 2.21. The third-order valence-electron chi connectivity index (χ3n) is 2.43. The lowest BCUT2D eigenvalue weighted by Gasteiger charge is -2.20. The third-order valence-corrected chi connectivity index (χ3v) is 4.11. The maximum atomic E-state index is 8.53. The second kappa shape index (κ2) is 8.47. The van der Waals surface area contributed by atoms with Crippen LogP contribution in [-0.2, 0) is 11.3 Å². The third kappa shape index (κ3) is 5.81. The zero-order chi connectivity index (χ0) is 13.4. The summed E-state index contributed by atoms with van der Waals surface area (Å²) in [6, 6.07) is 2.11. The standard InChI is InChI=1S/C11H18BrN3O2S/c1-17-5-4-15(3-2-11(13)14-16)7-10-6-9(12)8-18-10/h6,8,16H,2-5,7H2,1H3,(H2,13,14). The van der Waals surface area contributed by atoms with Gasteiger partial charge in [-0.3, -0.25) is 4.90 Å². The van der Waals surface area contributed by atoms with Crippen molar-refractivity contribution in [1.29, 1.82) is 0 Å². The molecule has 0 aromatic carbocycles. The highest BCUT2D eigenvalue weighted by atomic mass is 79.9. The molecule has 1 aromatic rings. The summed E-state index contributed by atoms with van der Waals surface area (Å²) in [5.74, 6) is 0.254. The number of thiophene rings is 1. The molecule has 18 heavy (non-hydrogen) atoms. The Labute approximate surface area is 119 Å². The molecule has 0 spiro atoms. The van der Waals surface area contributed by atoms with Crippen LogP contribution in [0.4, 0.5) is 0 Å². The molecule has 0 atom stereocenters. The van der Waals surface area contributed by atoms with E-state index in [-0.39, 0.29) is 5.84 Å². The molecule has 1 rings (SSSR count). The molecule has 0 saturated heterocycles. The summed E-state index contributed by atoms with van der Waals surface area (Å²) in [4.78, 5) is 3.50. The molecule has 0 saturated carbocycles. The van der Waals surface area contributed by atoms with Gasteiger partial charge >= 0.3 is 0 Å². The number of ether oxygens (including phenoxy) is 1. The number of oxime groups is 1. The van der Waals surface area contributed by atoms with E-state index in [4.69, 9.17) is 15.7 Å². The molecule has 3 N–H and O–H groups in total. The normalized spacial score (nSPS) is 12.3. The van der Waals surface area contributed by atoms with Crippen molar-refractivity contribution >= 4 is 33.1 Å². The van der Waals surface area contributed by atoms with Crippen molar-refractivity contribution in [2.24, 2.45) is 10.9 Å². The molecular formula is C11H18BrN3O2S. The van der Waals surface area contributed by atoms with E-state index in [1.54, 1.807) is 18.4 Å². The Morgan fingerprint density at radius 1 is 1.61 bits per heavy atom. The molecule has 5 nitrogen and oxygen atoms in total. The second-order valence-electron chi connectivity index (χ2n) is 3.84. The molecule has 0 unspecified atom stereocenters. The lowest BCUT2D eigenvalue weighted by molar-refractivity contribution is 0.146. The van der Waals surface area contributed by atoms with Crippen LogP contribution < -0.4 is 5.73 Å².